The molecule has 2 amide bonds. The molecule has 0 fully saturated rings. The molecule has 0 unspecified atom stereocenters. The summed E-state index contributed by atoms with van der Waals surface area (Å²) in [4.78, 5) is 15.1. The number of amides is 2. The highest BCUT2D eigenvalue weighted by Crippen LogP contribution is 2.39. The van der Waals surface area contributed by atoms with E-state index < -0.39 is 0 Å². The second-order valence-electron chi connectivity index (χ2n) is 6.77. The highest BCUT2D eigenvalue weighted by atomic mass is 35.5. The second kappa shape index (κ2) is 8.09. The van der Waals surface area contributed by atoms with Crippen LogP contribution in [0.15, 0.2) is 60.8 Å². The number of methoxy groups -OCH3 is 2. The SMILES string of the molecule is COc1ccc(OC)c([C@H]2c3cccn3CCN2C(=O)Nc2cccc(Cl)c2)c1. The maximum Gasteiger partial charge on any atom is 0.322 e. The van der Waals surface area contributed by atoms with Crippen LogP contribution in [0, 0.1) is 0 Å². The number of ether oxygens (including phenoxy) is 2. The number of fused-ring (bicyclic) bond motifs is 1. The van der Waals surface area contributed by atoms with Crippen molar-refractivity contribution in [2.24, 2.45) is 0 Å². The molecule has 1 atom stereocenters. The third-order valence-corrected chi connectivity index (χ3v) is 5.34. The summed E-state index contributed by atoms with van der Waals surface area (Å²) in [7, 11) is 3.25. The van der Waals surface area contributed by atoms with Gasteiger partial charge < -0.3 is 24.3 Å². The normalized spacial score (nSPS) is 15.6. The van der Waals surface area contributed by atoms with Gasteiger partial charge in [-0.3, -0.25) is 0 Å². The number of anilines is 1. The molecule has 29 heavy (non-hydrogen) atoms. The van der Waals surface area contributed by atoms with Crippen molar-refractivity contribution in [3.63, 3.8) is 0 Å². The first-order valence-electron chi connectivity index (χ1n) is 9.31. The molecule has 1 aliphatic rings. The van der Waals surface area contributed by atoms with Gasteiger partial charge in [0, 0.05) is 41.3 Å². The lowest BCUT2D eigenvalue weighted by atomic mass is 9.98. The minimum absolute atomic E-state index is 0.199. The molecule has 1 aliphatic heterocycles. The van der Waals surface area contributed by atoms with Crippen LogP contribution < -0.4 is 14.8 Å². The number of rotatable bonds is 4. The van der Waals surface area contributed by atoms with E-state index in [2.05, 4.69) is 9.88 Å². The number of carbonyl (C=O) groups is 1. The van der Waals surface area contributed by atoms with Gasteiger partial charge >= 0.3 is 6.03 Å². The molecule has 6 nitrogen and oxygen atoms in total. The Morgan fingerprint density at radius 3 is 2.69 bits per heavy atom. The molecule has 0 saturated heterocycles. The molecule has 1 aromatic heterocycles. The quantitative estimate of drug-likeness (QED) is 0.671. The molecule has 0 saturated carbocycles. The first-order chi connectivity index (χ1) is 14.1. The van der Waals surface area contributed by atoms with Crippen LogP contribution in [0.1, 0.15) is 17.3 Å². The summed E-state index contributed by atoms with van der Waals surface area (Å²) in [6.45, 7) is 1.27. The number of aromatic nitrogens is 1. The smallest absolute Gasteiger partial charge is 0.322 e. The van der Waals surface area contributed by atoms with Crippen LogP contribution in [-0.4, -0.2) is 36.3 Å². The maximum atomic E-state index is 13.2. The van der Waals surface area contributed by atoms with Gasteiger partial charge in [0.1, 0.15) is 17.5 Å². The lowest BCUT2D eigenvalue weighted by molar-refractivity contribution is 0.180. The highest BCUT2D eigenvalue weighted by molar-refractivity contribution is 6.30. The van der Waals surface area contributed by atoms with Gasteiger partial charge in [-0.15, -0.1) is 0 Å². The Bertz CT molecular complexity index is 1030. The van der Waals surface area contributed by atoms with Crippen LogP contribution in [0.4, 0.5) is 10.5 Å². The third kappa shape index (κ3) is 3.76. The molecular weight excluding hydrogens is 390 g/mol. The van der Waals surface area contributed by atoms with Crippen LogP contribution in [0.25, 0.3) is 0 Å². The molecule has 3 aromatic rings. The van der Waals surface area contributed by atoms with Gasteiger partial charge in [-0.25, -0.2) is 4.79 Å². The van der Waals surface area contributed by atoms with E-state index in [9.17, 15) is 4.79 Å². The number of benzene rings is 2. The number of halogens is 1. The molecule has 0 spiro atoms. The Hall–Kier alpha value is -3.12. The summed E-state index contributed by atoms with van der Waals surface area (Å²) in [6, 6.07) is 16.3. The van der Waals surface area contributed by atoms with Crippen molar-refractivity contribution >= 4 is 23.3 Å². The summed E-state index contributed by atoms with van der Waals surface area (Å²) in [6.07, 6.45) is 2.03. The number of nitrogens with one attached hydrogen (secondary N) is 1. The van der Waals surface area contributed by atoms with Gasteiger partial charge in [0.2, 0.25) is 0 Å². The van der Waals surface area contributed by atoms with Crippen LogP contribution in [0.2, 0.25) is 5.02 Å². The molecule has 0 radical (unpaired) electrons. The van der Waals surface area contributed by atoms with Crippen molar-refractivity contribution in [2.45, 2.75) is 12.6 Å². The van der Waals surface area contributed by atoms with Crippen molar-refractivity contribution in [1.82, 2.24) is 9.47 Å². The summed E-state index contributed by atoms with van der Waals surface area (Å²) >= 11 is 6.07. The fourth-order valence-electron chi connectivity index (χ4n) is 3.74. The number of hydrogen-bond donors (Lipinski definition) is 1. The molecule has 150 valence electrons. The van der Waals surface area contributed by atoms with Crippen molar-refractivity contribution < 1.29 is 14.3 Å². The number of urea groups is 1. The van der Waals surface area contributed by atoms with E-state index in [1.165, 1.54) is 0 Å². The Morgan fingerprint density at radius 2 is 1.93 bits per heavy atom. The molecule has 1 N–H and O–H groups in total. The van der Waals surface area contributed by atoms with Gasteiger partial charge in [-0.2, -0.15) is 0 Å². The minimum Gasteiger partial charge on any atom is -0.497 e. The van der Waals surface area contributed by atoms with Crippen LogP contribution >= 0.6 is 11.6 Å². The monoisotopic (exact) mass is 411 g/mol. The summed E-state index contributed by atoms with van der Waals surface area (Å²) in [5.74, 6) is 1.41. The van der Waals surface area contributed by atoms with Crippen LogP contribution in [0.3, 0.4) is 0 Å². The predicted octanol–water partition coefficient (Wildman–Crippen LogP) is 4.80. The lowest BCUT2D eigenvalue weighted by Crippen LogP contribution is -2.44. The molecule has 0 aliphatic carbocycles. The Morgan fingerprint density at radius 1 is 1.07 bits per heavy atom. The summed E-state index contributed by atoms with van der Waals surface area (Å²) in [5, 5.41) is 3.53. The van der Waals surface area contributed by atoms with E-state index in [1.54, 1.807) is 26.4 Å². The topological polar surface area (TPSA) is 55.7 Å². The van der Waals surface area contributed by atoms with Crippen molar-refractivity contribution in [3.8, 4) is 11.5 Å². The summed E-state index contributed by atoms with van der Waals surface area (Å²) in [5.41, 5.74) is 2.54. The first kappa shape index (κ1) is 19.2. The van der Waals surface area contributed by atoms with E-state index in [0.717, 1.165) is 11.3 Å². The van der Waals surface area contributed by atoms with Crippen molar-refractivity contribution in [3.05, 3.63) is 77.1 Å². The molecule has 2 heterocycles. The van der Waals surface area contributed by atoms with Gasteiger partial charge in [0.15, 0.2) is 0 Å². The van der Waals surface area contributed by atoms with Crippen molar-refractivity contribution in [2.75, 3.05) is 26.1 Å². The van der Waals surface area contributed by atoms with Gasteiger partial charge in [0.05, 0.1) is 14.2 Å². The maximum absolute atomic E-state index is 13.2. The molecule has 7 heteroatoms. The van der Waals surface area contributed by atoms with E-state index >= 15 is 0 Å². The Labute approximate surface area is 174 Å². The Balaban J connectivity index is 1.75. The third-order valence-electron chi connectivity index (χ3n) is 5.11. The molecular formula is C22H22ClN3O3. The fourth-order valence-corrected chi connectivity index (χ4v) is 3.93. The zero-order valence-electron chi connectivity index (χ0n) is 16.3. The standard InChI is InChI=1S/C22H22ClN3O3/c1-28-17-8-9-20(29-2)18(14-17)21-19-7-4-10-25(19)11-12-26(21)22(27)24-16-6-3-5-15(23)13-16/h3-10,13-14,21H,11-12H2,1-2H3,(H,24,27)/t21-/m0/s1. The van der Waals surface area contributed by atoms with Gasteiger partial charge in [0.25, 0.3) is 0 Å². The Kier molecular flexibility index (Phi) is 5.36. The van der Waals surface area contributed by atoms with Crippen molar-refractivity contribution in [1.29, 1.82) is 0 Å². The van der Waals surface area contributed by atoms with E-state index in [0.29, 0.717) is 35.3 Å². The van der Waals surface area contributed by atoms with E-state index in [1.807, 2.05) is 53.6 Å². The molecule has 2 aromatic carbocycles. The van der Waals surface area contributed by atoms with Crippen LogP contribution in [0.5, 0.6) is 11.5 Å². The largest absolute Gasteiger partial charge is 0.497 e. The number of hydrogen-bond acceptors (Lipinski definition) is 3. The molecule has 4 rings (SSSR count). The molecule has 0 bridgehead atoms. The van der Waals surface area contributed by atoms with Gasteiger partial charge in [-0.1, -0.05) is 17.7 Å². The van der Waals surface area contributed by atoms with E-state index in [-0.39, 0.29) is 12.1 Å². The average molecular weight is 412 g/mol. The number of carbonyl (C=O) groups excluding carboxylic acids is 1. The van der Waals surface area contributed by atoms with Gasteiger partial charge in [-0.05, 0) is 48.5 Å². The summed E-state index contributed by atoms with van der Waals surface area (Å²) < 4.78 is 13.2. The minimum atomic E-state index is -0.317. The highest BCUT2D eigenvalue weighted by Gasteiger charge is 2.34. The fraction of sp³-hybridized carbons (Fsp3) is 0.227. The van der Waals surface area contributed by atoms with Crippen LogP contribution in [-0.2, 0) is 6.54 Å². The predicted molar refractivity (Wildman–Crippen MR) is 113 cm³/mol. The zero-order valence-corrected chi connectivity index (χ0v) is 17.0. The van der Waals surface area contributed by atoms with E-state index in [4.69, 9.17) is 21.1 Å². The zero-order chi connectivity index (χ0) is 20.4. The lowest BCUT2D eigenvalue weighted by Gasteiger charge is -2.37. The number of nitrogens with zero attached hydrogens (tertiary/aromatic N) is 2. The first-order valence-corrected chi connectivity index (χ1v) is 9.68. The average Bonchev–Trinajstić information content (AvgIpc) is 3.21. The second-order valence-corrected chi connectivity index (χ2v) is 7.21.